The highest BCUT2D eigenvalue weighted by molar-refractivity contribution is 5.70. The van der Waals surface area contributed by atoms with E-state index in [0.717, 1.165) is 103 Å². The van der Waals surface area contributed by atoms with Gasteiger partial charge in [0.2, 0.25) is 0 Å². The number of allylic oxidation sites excluding steroid dienone is 14. The molecule has 0 aliphatic rings. The summed E-state index contributed by atoms with van der Waals surface area (Å²) < 4.78 is 17.4. The molecule has 0 aliphatic heterocycles. The Balaban J connectivity index is 4.32. The molecular formula is C57H98O5. The molecule has 0 aromatic rings. The summed E-state index contributed by atoms with van der Waals surface area (Å²) in [4.78, 5) is 25.4. The lowest BCUT2D eigenvalue weighted by Gasteiger charge is -2.18. The van der Waals surface area contributed by atoms with E-state index in [2.05, 4.69) is 106 Å². The number of hydrogen-bond acceptors (Lipinski definition) is 5. The molecule has 5 nitrogen and oxygen atoms in total. The third kappa shape index (κ3) is 49.7. The van der Waals surface area contributed by atoms with Crippen LogP contribution in [0.2, 0.25) is 0 Å². The SMILES string of the molecule is CC/C=C\C/C=C\C/C=C\CCCCCCCCCC(=O)OCC(COCCCCCCCC/C=C\CCCCCCCC)OC(=O)CCCCC/C=C\C/C=C\C/C=C\CC. The minimum Gasteiger partial charge on any atom is -0.462 e. The Hall–Kier alpha value is -2.92. The molecule has 0 aliphatic carbocycles. The van der Waals surface area contributed by atoms with Crippen LogP contribution in [0, 0.1) is 0 Å². The molecule has 0 aromatic carbocycles. The maximum atomic E-state index is 12.8. The van der Waals surface area contributed by atoms with Gasteiger partial charge in [0.25, 0.3) is 0 Å². The molecule has 62 heavy (non-hydrogen) atoms. The van der Waals surface area contributed by atoms with Crippen LogP contribution in [0.1, 0.15) is 239 Å². The normalized spacial score (nSPS) is 12.9. The number of carbonyl (C=O) groups excluding carboxylic acids is 2. The Morgan fingerprint density at radius 1 is 0.371 bits per heavy atom. The quantitative estimate of drug-likeness (QED) is 0.0346. The van der Waals surface area contributed by atoms with Crippen LogP contribution in [0.3, 0.4) is 0 Å². The Labute approximate surface area is 384 Å². The lowest BCUT2D eigenvalue weighted by atomic mass is 10.1. The molecule has 0 N–H and O–H groups in total. The largest absolute Gasteiger partial charge is 0.462 e. The topological polar surface area (TPSA) is 61.8 Å². The van der Waals surface area contributed by atoms with Gasteiger partial charge < -0.3 is 14.2 Å². The third-order valence-corrected chi connectivity index (χ3v) is 10.9. The van der Waals surface area contributed by atoms with Gasteiger partial charge in [-0.3, -0.25) is 9.59 Å². The van der Waals surface area contributed by atoms with E-state index in [-0.39, 0.29) is 25.2 Å². The van der Waals surface area contributed by atoms with Gasteiger partial charge in [-0.1, -0.05) is 202 Å². The van der Waals surface area contributed by atoms with Gasteiger partial charge in [0.1, 0.15) is 6.61 Å². The number of unbranched alkanes of at least 4 members (excludes halogenated alkanes) is 22. The molecule has 0 rings (SSSR count). The highest BCUT2D eigenvalue weighted by Crippen LogP contribution is 2.13. The predicted octanol–water partition coefficient (Wildman–Crippen LogP) is 17.7. The fraction of sp³-hybridized carbons (Fsp3) is 0.719. The highest BCUT2D eigenvalue weighted by Gasteiger charge is 2.17. The van der Waals surface area contributed by atoms with Crippen molar-refractivity contribution in [1.29, 1.82) is 0 Å². The van der Waals surface area contributed by atoms with E-state index in [0.29, 0.717) is 19.4 Å². The van der Waals surface area contributed by atoms with Gasteiger partial charge in [0.05, 0.1) is 6.61 Å². The van der Waals surface area contributed by atoms with Crippen molar-refractivity contribution >= 4 is 11.9 Å². The van der Waals surface area contributed by atoms with Crippen molar-refractivity contribution in [1.82, 2.24) is 0 Å². The molecule has 0 aromatic heterocycles. The minimum atomic E-state index is -0.562. The average molecular weight is 863 g/mol. The number of carbonyl (C=O) groups is 2. The van der Waals surface area contributed by atoms with Crippen LogP contribution < -0.4 is 0 Å². The Kier molecular flexibility index (Phi) is 50.0. The summed E-state index contributed by atoms with van der Waals surface area (Å²) >= 11 is 0. The van der Waals surface area contributed by atoms with Gasteiger partial charge in [-0.2, -0.15) is 0 Å². The summed E-state index contributed by atoms with van der Waals surface area (Å²) in [6, 6.07) is 0. The Morgan fingerprint density at radius 2 is 0.726 bits per heavy atom. The minimum absolute atomic E-state index is 0.0626. The van der Waals surface area contributed by atoms with E-state index in [1.807, 2.05) is 0 Å². The van der Waals surface area contributed by atoms with Crippen molar-refractivity contribution in [2.45, 2.75) is 245 Å². The summed E-state index contributed by atoms with van der Waals surface area (Å²) in [5, 5.41) is 0. The second-order valence-corrected chi connectivity index (χ2v) is 17.0. The highest BCUT2D eigenvalue weighted by atomic mass is 16.6. The maximum absolute atomic E-state index is 12.8. The van der Waals surface area contributed by atoms with E-state index < -0.39 is 6.10 Å². The van der Waals surface area contributed by atoms with Crippen LogP contribution in [-0.4, -0.2) is 37.9 Å². The summed E-state index contributed by atoms with van der Waals surface area (Å²) in [6.45, 7) is 7.55. The monoisotopic (exact) mass is 863 g/mol. The predicted molar refractivity (Wildman–Crippen MR) is 270 cm³/mol. The van der Waals surface area contributed by atoms with Crippen molar-refractivity contribution in [2.24, 2.45) is 0 Å². The Bertz CT molecular complexity index is 1160. The first-order valence-electron chi connectivity index (χ1n) is 26.1. The molecule has 0 radical (unpaired) electrons. The van der Waals surface area contributed by atoms with Gasteiger partial charge in [-0.05, 0) is 109 Å². The second-order valence-electron chi connectivity index (χ2n) is 17.0. The van der Waals surface area contributed by atoms with E-state index in [9.17, 15) is 9.59 Å². The van der Waals surface area contributed by atoms with Crippen LogP contribution in [0.15, 0.2) is 85.1 Å². The second kappa shape index (κ2) is 52.4. The van der Waals surface area contributed by atoms with Gasteiger partial charge in [0, 0.05) is 19.4 Å². The average Bonchev–Trinajstić information content (AvgIpc) is 3.27. The first-order chi connectivity index (χ1) is 30.6. The van der Waals surface area contributed by atoms with Crippen molar-refractivity contribution in [3.8, 4) is 0 Å². The standard InChI is InChI=1S/C57H98O5/c1-4-7-10-13-16-19-22-25-27-29-30-33-35-38-41-44-47-50-56(58)61-54-55(62-57(59)51-48-45-42-39-36-32-24-21-18-15-12-9-6-3)53-60-52-49-46-43-40-37-34-31-28-26-23-20-17-14-11-8-5-2/h7,9-10,12,16,18-19,21,25-28,32,36,55H,4-6,8,11,13-15,17,20,22-24,29-31,33-35,37-54H2,1-3H3/b10-7-,12-9-,19-16-,21-18-,27-25-,28-26-,36-32-. The summed E-state index contributed by atoms with van der Waals surface area (Å²) in [7, 11) is 0. The summed E-state index contributed by atoms with van der Waals surface area (Å²) in [6.07, 6.45) is 68.8. The van der Waals surface area contributed by atoms with Gasteiger partial charge in [0.15, 0.2) is 6.10 Å². The van der Waals surface area contributed by atoms with E-state index in [1.54, 1.807) is 0 Å². The molecule has 1 unspecified atom stereocenters. The first kappa shape index (κ1) is 59.1. The number of esters is 2. The van der Waals surface area contributed by atoms with Crippen LogP contribution in [0.25, 0.3) is 0 Å². The van der Waals surface area contributed by atoms with Crippen molar-refractivity contribution in [2.75, 3.05) is 19.8 Å². The molecule has 0 amide bonds. The first-order valence-corrected chi connectivity index (χ1v) is 26.1. The third-order valence-electron chi connectivity index (χ3n) is 10.9. The van der Waals surface area contributed by atoms with Crippen molar-refractivity contribution < 1.29 is 23.8 Å². The smallest absolute Gasteiger partial charge is 0.306 e. The van der Waals surface area contributed by atoms with Crippen molar-refractivity contribution in [3.63, 3.8) is 0 Å². The summed E-state index contributed by atoms with van der Waals surface area (Å²) in [5.74, 6) is -0.445. The van der Waals surface area contributed by atoms with Crippen LogP contribution in [-0.2, 0) is 23.8 Å². The number of hydrogen-bond donors (Lipinski definition) is 0. The molecule has 1 atom stereocenters. The molecule has 0 saturated carbocycles. The molecular weight excluding hydrogens is 765 g/mol. The zero-order valence-corrected chi connectivity index (χ0v) is 40.9. The molecule has 5 heteroatoms. The van der Waals surface area contributed by atoms with Gasteiger partial charge >= 0.3 is 11.9 Å². The van der Waals surface area contributed by atoms with E-state index >= 15 is 0 Å². The Morgan fingerprint density at radius 3 is 1.19 bits per heavy atom. The zero-order chi connectivity index (χ0) is 44.9. The lowest BCUT2D eigenvalue weighted by molar-refractivity contribution is -0.163. The maximum Gasteiger partial charge on any atom is 0.306 e. The number of ether oxygens (including phenoxy) is 3. The van der Waals surface area contributed by atoms with E-state index in [1.165, 1.54) is 103 Å². The van der Waals surface area contributed by atoms with Crippen molar-refractivity contribution in [3.05, 3.63) is 85.1 Å². The molecule has 0 bridgehead atoms. The van der Waals surface area contributed by atoms with Crippen LogP contribution in [0.4, 0.5) is 0 Å². The van der Waals surface area contributed by atoms with Crippen LogP contribution >= 0.6 is 0 Å². The zero-order valence-electron chi connectivity index (χ0n) is 40.9. The van der Waals surface area contributed by atoms with Gasteiger partial charge in [-0.25, -0.2) is 0 Å². The molecule has 356 valence electrons. The van der Waals surface area contributed by atoms with E-state index in [4.69, 9.17) is 14.2 Å². The molecule has 0 heterocycles. The fourth-order valence-corrected chi connectivity index (χ4v) is 7.06. The van der Waals surface area contributed by atoms with Gasteiger partial charge in [-0.15, -0.1) is 0 Å². The molecule has 0 spiro atoms. The number of rotatable bonds is 47. The lowest BCUT2D eigenvalue weighted by Crippen LogP contribution is -2.30. The van der Waals surface area contributed by atoms with Crippen LogP contribution in [0.5, 0.6) is 0 Å². The summed E-state index contributed by atoms with van der Waals surface area (Å²) in [5.41, 5.74) is 0. The fourth-order valence-electron chi connectivity index (χ4n) is 7.06. The molecule has 0 saturated heterocycles. The molecule has 0 fully saturated rings.